The van der Waals surface area contributed by atoms with E-state index in [4.69, 9.17) is 4.74 Å². The summed E-state index contributed by atoms with van der Waals surface area (Å²) >= 11 is 0. The van der Waals surface area contributed by atoms with Gasteiger partial charge in [-0.3, -0.25) is 4.79 Å². The first kappa shape index (κ1) is 21.5. The highest BCUT2D eigenvalue weighted by Crippen LogP contribution is 2.25. The average molecular weight is 392 g/mol. The van der Waals surface area contributed by atoms with E-state index in [-0.39, 0.29) is 0 Å². The maximum atomic E-state index is 13.1. The van der Waals surface area contributed by atoms with Crippen LogP contribution in [0.4, 0.5) is 8.78 Å². The van der Waals surface area contributed by atoms with Crippen LogP contribution in [0, 0.1) is 0 Å². The Hall–Kier alpha value is -2.77. The van der Waals surface area contributed by atoms with Gasteiger partial charge in [-0.2, -0.15) is 13.9 Å². The average Bonchev–Trinajstić information content (AvgIpc) is 3.06. The van der Waals surface area contributed by atoms with Crippen LogP contribution in [-0.4, -0.2) is 40.0 Å². The normalized spacial score (nSPS) is 15.0. The Balaban J connectivity index is 2.20. The fourth-order valence-electron chi connectivity index (χ4n) is 2.79. The van der Waals surface area contributed by atoms with Crippen molar-refractivity contribution in [1.29, 1.82) is 0 Å². The van der Waals surface area contributed by atoms with E-state index >= 15 is 0 Å². The van der Waals surface area contributed by atoms with Crippen LogP contribution < -0.4 is 10.1 Å². The summed E-state index contributed by atoms with van der Waals surface area (Å²) in [6.07, 6.45) is 5.36. The van der Waals surface area contributed by atoms with Crippen LogP contribution in [0.2, 0.25) is 0 Å². The smallest absolute Gasteiger partial charge is 0.321 e. The van der Waals surface area contributed by atoms with E-state index in [9.17, 15) is 13.6 Å². The Kier molecular flexibility index (Phi) is 6.88. The molecule has 0 fully saturated rings. The number of allylic oxidation sites excluding steroid dienone is 1. The number of aromatic nitrogens is 2. The minimum Gasteiger partial charge on any atom is -0.488 e. The fraction of sp³-hybridized carbons (Fsp3) is 0.450. The molecule has 1 aromatic carbocycles. The first-order valence-electron chi connectivity index (χ1n) is 9.19. The minimum absolute atomic E-state index is 0.449. The molecule has 28 heavy (non-hydrogen) atoms. The van der Waals surface area contributed by atoms with Gasteiger partial charge in [0.25, 0.3) is 5.91 Å². The third kappa shape index (κ3) is 4.94. The number of alkyl halides is 2. The van der Waals surface area contributed by atoms with Crippen molar-refractivity contribution < 1.29 is 18.3 Å². The number of hydrogen-bond acceptors (Lipinski definition) is 4. The number of carbonyl (C=O) groups excluding carboxylic acids is 1. The number of halogens is 2. The number of carbonyl (C=O) groups is 1. The number of amides is 1. The van der Waals surface area contributed by atoms with E-state index in [1.165, 1.54) is 0 Å². The summed E-state index contributed by atoms with van der Waals surface area (Å²) in [5.41, 5.74) is 0.867. The van der Waals surface area contributed by atoms with Crippen LogP contribution in [0.5, 0.6) is 5.75 Å². The zero-order valence-electron chi connectivity index (χ0n) is 16.7. The monoisotopic (exact) mass is 392 g/mol. The molecule has 0 aliphatic carbocycles. The van der Waals surface area contributed by atoms with E-state index in [0.29, 0.717) is 24.9 Å². The molecule has 2 aromatic rings. The number of rotatable bonds is 8. The lowest BCUT2D eigenvalue weighted by Gasteiger charge is -2.26. The van der Waals surface area contributed by atoms with Gasteiger partial charge in [-0.1, -0.05) is 6.92 Å². The zero-order valence-corrected chi connectivity index (χ0v) is 16.7. The highest BCUT2D eigenvalue weighted by molar-refractivity contribution is 5.84. The largest absolute Gasteiger partial charge is 0.488 e. The molecule has 1 heterocycles. The maximum Gasteiger partial charge on any atom is 0.321 e. The highest BCUT2D eigenvalue weighted by atomic mass is 19.3. The first-order chi connectivity index (χ1) is 13.2. The quantitative estimate of drug-likeness (QED) is 0.683. The maximum absolute atomic E-state index is 13.1. The van der Waals surface area contributed by atoms with Gasteiger partial charge in [0.2, 0.25) is 0 Å². The van der Waals surface area contributed by atoms with Crippen molar-refractivity contribution >= 4 is 28.8 Å². The Bertz CT molecular complexity index is 884. The van der Waals surface area contributed by atoms with E-state index in [1.807, 2.05) is 39.0 Å². The van der Waals surface area contributed by atoms with Gasteiger partial charge in [0.05, 0.1) is 17.8 Å². The lowest BCUT2D eigenvalue weighted by Crippen LogP contribution is -2.48. The predicted molar refractivity (Wildman–Crippen MR) is 107 cm³/mol. The molecule has 0 radical (unpaired) electrons. The fourth-order valence-corrected chi connectivity index (χ4v) is 2.79. The molecule has 0 saturated carbocycles. The standard InChI is InChI=1S/C20H26F2N4O2/c1-6-17(13(4)25-19(27)20(5,21)22)28-15-9-10-16-14(11-15)12-24-26(16)18(7-2)23-8-3/h7-13,17H,6H2,1-5H3,(H,25,27)/b18-7+,23-8-/t13-,17+/m0/s1. The van der Waals surface area contributed by atoms with Crippen molar-refractivity contribution in [3.63, 3.8) is 0 Å². The van der Waals surface area contributed by atoms with Crippen molar-refractivity contribution in [2.24, 2.45) is 4.99 Å². The van der Waals surface area contributed by atoms with E-state index in [1.54, 1.807) is 30.1 Å². The van der Waals surface area contributed by atoms with Crippen molar-refractivity contribution in [1.82, 2.24) is 15.1 Å². The van der Waals surface area contributed by atoms with E-state index < -0.39 is 24.0 Å². The Morgan fingerprint density at radius 1 is 1.43 bits per heavy atom. The van der Waals surface area contributed by atoms with E-state index in [0.717, 1.165) is 10.9 Å². The Morgan fingerprint density at radius 2 is 2.14 bits per heavy atom. The molecule has 152 valence electrons. The molecule has 0 unspecified atom stereocenters. The predicted octanol–water partition coefficient (Wildman–Crippen LogP) is 4.26. The molecular weight excluding hydrogens is 366 g/mol. The SMILES string of the molecule is C/C=N\C(=C/C)n1ncc2cc(O[C@H](CC)[C@H](C)NC(=O)C(C)(F)F)ccc21. The minimum atomic E-state index is -3.43. The molecule has 1 amide bonds. The second-order valence-electron chi connectivity index (χ2n) is 6.53. The summed E-state index contributed by atoms with van der Waals surface area (Å²) in [6.45, 7) is 7.81. The molecule has 2 rings (SSSR count). The molecule has 6 nitrogen and oxygen atoms in total. The lowest BCUT2D eigenvalue weighted by molar-refractivity contribution is -0.144. The van der Waals surface area contributed by atoms with Gasteiger partial charge in [-0.05, 0) is 51.5 Å². The molecule has 1 aromatic heterocycles. The number of nitrogens with zero attached hydrogens (tertiary/aromatic N) is 3. The summed E-state index contributed by atoms with van der Waals surface area (Å²) in [5.74, 6) is -3.46. The summed E-state index contributed by atoms with van der Waals surface area (Å²) < 4.78 is 33.9. The highest BCUT2D eigenvalue weighted by Gasteiger charge is 2.34. The van der Waals surface area contributed by atoms with Crippen molar-refractivity contribution in [3.05, 3.63) is 30.5 Å². The van der Waals surface area contributed by atoms with E-state index in [2.05, 4.69) is 15.4 Å². The second-order valence-corrected chi connectivity index (χ2v) is 6.53. The Labute approximate surface area is 163 Å². The third-order valence-electron chi connectivity index (χ3n) is 4.28. The number of fused-ring (bicyclic) bond motifs is 1. The topological polar surface area (TPSA) is 68.5 Å². The first-order valence-corrected chi connectivity index (χ1v) is 9.19. The van der Waals surface area contributed by atoms with Gasteiger partial charge in [0, 0.05) is 18.5 Å². The number of benzene rings is 1. The molecule has 0 bridgehead atoms. The number of hydrogen-bond donors (Lipinski definition) is 1. The van der Waals surface area contributed by atoms with Gasteiger partial charge < -0.3 is 10.1 Å². The molecule has 0 saturated heterocycles. The zero-order chi connectivity index (χ0) is 20.9. The van der Waals surface area contributed by atoms with Gasteiger partial charge in [-0.25, -0.2) is 9.67 Å². The molecule has 0 aliphatic heterocycles. The number of nitrogens with one attached hydrogen (secondary N) is 1. The molecule has 1 N–H and O–H groups in total. The van der Waals surface area contributed by atoms with Crippen LogP contribution in [0.1, 0.15) is 41.0 Å². The van der Waals surface area contributed by atoms with Crippen molar-refractivity contribution in [2.45, 2.75) is 59.1 Å². The summed E-state index contributed by atoms with van der Waals surface area (Å²) in [4.78, 5) is 15.8. The van der Waals surface area contributed by atoms with Gasteiger partial charge in [-0.15, -0.1) is 0 Å². The van der Waals surface area contributed by atoms with Gasteiger partial charge in [0.1, 0.15) is 17.7 Å². The van der Waals surface area contributed by atoms with Crippen LogP contribution in [0.25, 0.3) is 16.7 Å². The van der Waals surface area contributed by atoms with Crippen molar-refractivity contribution in [3.8, 4) is 5.75 Å². The van der Waals surface area contributed by atoms with Crippen LogP contribution >= 0.6 is 0 Å². The molecule has 0 spiro atoms. The summed E-state index contributed by atoms with van der Waals surface area (Å²) in [5, 5.41) is 7.54. The number of aliphatic imine (C=N–C) groups is 1. The second kappa shape index (κ2) is 8.95. The molecule has 8 heteroatoms. The Morgan fingerprint density at radius 3 is 2.71 bits per heavy atom. The van der Waals surface area contributed by atoms with Crippen LogP contribution in [0.15, 0.2) is 35.5 Å². The number of ether oxygens (including phenoxy) is 1. The van der Waals surface area contributed by atoms with Gasteiger partial charge in [0.15, 0.2) is 0 Å². The molecule has 0 aliphatic rings. The summed E-state index contributed by atoms with van der Waals surface area (Å²) in [7, 11) is 0. The third-order valence-corrected chi connectivity index (χ3v) is 4.28. The van der Waals surface area contributed by atoms with Crippen LogP contribution in [-0.2, 0) is 4.79 Å². The van der Waals surface area contributed by atoms with Gasteiger partial charge >= 0.3 is 5.92 Å². The molecule has 2 atom stereocenters. The van der Waals surface area contributed by atoms with Crippen LogP contribution in [0.3, 0.4) is 0 Å². The van der Waals surface area contributed by atoms with Crippen molar-refractivity contribution in [2.75, 3.05) is 0 Å². The lowest BCUT2D eigenvalue weighted by atomic mass is 10.1. The summed E-state index contributed by atoms with van der Waals surface area (Å²) in [6, 6.07) is 4.90. The molecular formula is C20H26F2N4O2.